The molecule has 2 aromatic rings. The fourth-order valence-electron chi connectivity index (χ4n) is 1.35. The zero-order chi connectivity index (χ0) is 12.6. The number of halogens is 4. The Kier molecular flexibility index (Phi) is 2.72. The molecule has 17 heavy (non-hydrogen) atoms. The number of rotatable bonds is 2. The van der Waals surface area contributed by atoms with Crippen molar-refractivity contribution in [3.05, 3.63) is 41.7 Å². The number of nitrogens with two attached hydrogens (primary N) is 1. The Labute approximate surface area is 92.6 Å². The van der Waals surface area contributed by atoms with Crippen molar-refractivity contribution in [2.45, 2.75) is 0 Å². The van der Waals surface area contributed by atoms with Crippen molar-refractivity contribution in [1.29, 1.82) is 0 Å². The minimum atomic E-state index is -1.61. The second-order valence-corrected chi connectivity index (χ2v) is 3.07. The summed E-state index contributed by atoms with van der Waals surface area (Å²) in [7, 11) is 0. The number of hydrogen-bond donors (Lipinski definition) is 2. The summed E-state index contributed by atoms with van der Waals surface area (Å²) in [4.78, 5) is 0. The molecule has 0 bridgehead atoms. The van der Waals surface area contributed by atoms with Gasteiger partial charge in [-0.1, -0.05) is 0 Å². The average molecular weight is 246 g/mol. The van der Waals surface area contributed by atoms with Crippen molar-refractivity contribution in [2.75, 3.05) is 5.43 Å². The van der Waals surface area contributed by atoms with Gasteiger partial charge < -0.3 is 5.43 Å². The van der Waals surface area contributed by atoms with Gasteiger partial charge in [-0.2, -0.15) is 5.10 Å². The summed E-state index contributed by atoms with van der Waals surface area (Å²) in [6.45, 7) is 0. The standard InChI is InChI=1S/C9H6F4N4/c10-4-6(12)9(17-3-1-2-15-17)7(13)5(11)8(4)16-14/h1-3,16H,14H2. The predicted molar refractivity (Wildman–Crippen MR) is 51.2 cm³/mol. The van der Waals surface area contributed by atoms with E-state index in [0.29, 0.717) is 4.68 Å². The molecule has 4 nitrogen and oxygen atoms in total. The van der Waals surface area contributed by atoms with E-state index in [1.165, 1.54) is 12.3 Å². The zero-order valence-corrected chi connectivity index (χ0v) is 8.22. The lowest BCUT2D eigenvalue weighted by molar-refractivity contribution is 0.448. The van der Waals surface area contributed by atoms with Crippen LogP contribution in [0.3, 0.4) is 0 Å². The fraction of sp³-hybridized carbons (Fsp3) is 0. The highest BCUT2D eigenvalue weighted by atomic mass is 19.2. The SMILES string of the molecule is NNc1c(F)c(F)c(-n2cccn2)c(F)c1F. The van der Waals surface area contributed by atoms with Gasteiger partial charge in [0.1, 0.15) is 11.4 Å². The number of hydrogen-bond acceptors (Lipinski definition) is 3. The van der Waals surface area contributed by atoms with E-state index in [-0.39, 0.29) is 0 Å². The molecule has 90 valence electrons. The molecule has 1 aromatic carbocycles. The molecule has 0 aliphatic carbocycles. The molecule has 0 aliphatic heterocycles. The molecule has 0 radical (unpaired) electrons. The normalized spacial score (nSPS) is 10.6. The Balaban J connectivity index is 2.78. The summed E-state index contributed by atoms with van der Waals surface area (Å²) < 4.78 is 54.4. The maximum Gasteiger partial charge on any atom is 0.189 e. The lowest BCUT2D eigenvalue weighted by Crippen LogP contribution is -2.16. The topological polar surface area (TPSA) is 55.9 Å². The first kappa shape index (κ1) is 11.4. The van der Waals surface area contributed by atoms with Crippen LogP contribution in [-0.2, 0) is 0 Å². The zero-order valence-electron chi connectivity index (χ0n) is 8.22. The molecule has 0 saturated carbocycles. The summed E-state index contributed by atoms with van der Waals surface area (Å²) in [6.07, 6.45) is 2.36. The number of anilines is 1. The van der Waals surface area contributed by atoms with E-state index in [1.54, 1.807) is 5.43 Å². The van der Waals surface area contributed by atoms with Crippen molar-refractivity contribution in [3.63, 3.8) is 0 Å². The molecule has 8 heteroatoms. The lowest BCUT2D eigenvalue weighted by atomic mass is 10.2. The predicted octanol–water partition coefficient (Wildman–Crippen LogP) is 1.71. The van der Waals surface area contributed by atoms with Crippen LogP contribution in [0.2, 0.25) is 0 Å². The number of nitrogens with zero attached hydrogens (tertiary/aromatic N) is 2. The third-order valence-electron chi connectivity index (χ3n) is 2.12. The monoisotopic (exact) mass is 246 g/mol. The third-order valence-corrected chi connectivity index (χ3v) is 2.12. The molecular formula is C9H6F4N4. The number of aromatic nitrogens is 2. The summed E-state index contributed by atoms with van der Waals surface area (Å²) in [6, 6.07) is 1.35. The van der Waals surface area contributed by atoms with Crippen LogP contribution in [0.25, 0.3) is 5.69 Å². The smallest absolute Gasteiger partial charge is 0.189 e. The van der Waals surface area contributed by atoms with Crippen LogP contribution in [0.1, 0.15) is 0 Å². The van der Waals surface area contributed by atoms with Crippen LogP contribution < -0.4 is 11.3 Å². The Morgan fingerprint density at radius 3 is 2.06 bits per heavy atom. The first-order chi connectivity index (χ1) is 8.07. The molecule has 1 heterocycles. The van der Waals surface area contributed by atoms with Crippen LogP contribution in [-0.4, -0.2) is 9.78 Å². The highest BCUT2D eigenvalue weighted by Crippen LogP contribution is 2.29. The van der Waals surface area contributed by atoms with E-state index in [0.717, 1.165) is 6.20 Å². The highest BCUT2D eigenvalue weighted by molar-refractivity contribution is 5.52. The van der Waals surface area contributed by atoms with Gasteiger partial charge in [-0.3, -0.25) is 5.84 Å². The number of nitrogen functional groups attached to an aromatic ring is 1. The maximum absolute atomic E-state index is 13.5. The van der Waals surface area contributed by atoms with Gasteiger partial charge in [-0.25, -0.2) is 22.2 Å². The molecule has 3 N–H and O–H groups in total. The summed E-state index contributed by atoms with van der Waals surface area (Å²) in [5, 5.41) is 3.50. The van der Waals surface area contributed by atoms with Gasteiger partial charge in [0.05, 0.1) is 0 Å². The summed E-state index contributed by atoms with van der Waals surface area (Å²) >= 11 is 0. The van der Waals surface area contributed by atoms with Crippen LogP contribution in [0, 0.1) is 23.3 Å². The van der Waals surface area contributed by atoms with Crippen LogP contribution >= 0.6 is 0 Å². The molecule has 0 amide bonds. The quantitative estimate of drug-likeness (QED) is 0.367. The average Bonchev–Trinajstić information content (AvgIpc) is 2.81. The van der Waals surface area contributed by atoms with Gasteiger partial charge in [0.25, 0.3) is 0 Å². The van der Waals surface area contributed by atoms with E-state index in [4.69, 9.17) is 5.84 Å². The first-order valence-electron chi connectivity index (χ1n) is 4.40. The summed E-state index contributed by atoms with van der Waals surface area (Å²) in [5.41, 5.74) is -0.456. The minimum Gasteiger partial charge on any atom is -0.319 e. The van der Waals surface area contributed by atoms with Crippen LogP contribution in [0.5, 0.6) is 0 Å². The van der Waals surface area contributed by atoms with Gasteiger partial charge in [0.15, 0.2) is 23.3 Å². The van der Waals surface area contributed by atoms with Gasteiger partial charge in [0.2, 0.25) is 0 Å². The Morgan fingerprint density at radius 1 is 1.06 bits per heavy atom. The fourth-order valence-corrected chi connectivity index (χ4v) is 1.35. The van der Waals surface area contributed by atoms with Crippen LogP contribution in [0.15, 0.2) is 18.5 Å². The molecule has 2 rings (SSSR count). The van der Waals surface area contributed by atoms with E-state index < -0.39 is 34.6 Å². The molecule has 0 saturated heterocycles. The van der Waals surface area contributed by atoms with Crippen molar-refractivity contribution in [2.24, 2.45) is 5.84 Å². The van der Waals surface area contributed by atoms with Gasteiger partial charge >= 0.3 is 0 Å². The number of nitrogens with one attached hydrogen (secondary N) is 1. The molecule has 0 fully saturated rings. The maximum atomic E-state index is 13.5. The highest BCUT2D eigenvalue weighted by Gasteiger charge is 2.26. The Hall–Kier alpha value is -2.09. The molecule has 0 atom stereocenters. The third kappa shape index (κ3) is 1.62. The molecule has 0 aliphatic rings. The van der Waals surface area contributed by atoms with Crippen LogP contribution in [0.4, 0.5) is 23.2 Å². The van der Waals surface area contributed by atoms with E-state index in [1.807, 2.05) is 0 Å². The van der Waals surface area contributed by atoms with Crippen molar-refractivity contribution < 1.29 is 17.6 Å². The molecular weight excluding hydrogens is 240 g/mol. The second-order valence-electron chi connectivity index (χ2n) is 3.07. The van der Waals surface area contributed by atoms with E-state index >= 15 is 0 Å². The number of benzene rings is 1. The second kappa shape index (κ2) is 4.06. The Bertz CT molecular complexity index is 524. The van der Waals surface area contributed by atoms with E-state index in [2.05, 4.69) is 5.10 Å². The Morgan fingerprint density at radius 2 is 1.65 bits per heavy atom. The lowest BCUT2D eigenvalue weighted by Gasteiger charge is -2.11. The molecule has 0 spiro atoms. The minimum absolute atomic E-state index is 0.678. The van der Waals surface area contributed by atoms with Crippen molar-refractivity contribution in [3.8, 4) is 5.69 Å². The molecule has 1 aromatic heterocycles. The van der Waals surface area contributed by atoms with Crippen molar-refractivity contribution in [1.82, 2.24) is 9.78 Å². The first-order valence-corrected chi connectivity index (χ1v) is 4.40. The van der Waals surface area contributed by atoms with E-state index in [9.17, 15) is 17.6 Å². The van der Waals surface area contributed by atoms with Gasteiger partial charge in [-0.05, 0) is 6.07 Å². The van der Waals surface area contributed by atoms with Crippen molar-refractivity contribution >= 4 is 5.69 Å². The van der Waals surface area contributed by atoms with Gasteiger partial charge in [-0.15, -0.1) is 0 Å². The summed E-state index contributed by atoms with van der Waals surface area (Å²) in [5.74, 6) is -1.62. The van der Waals surface area contributed by atoms with Gasteiger partial charge in [0, 0.05) is 12.4 Å². The number of hydrazine groups is 1. The molecule has 0 unspecified atom stereocenters. The largest absolute Gasteiger partial charge is 0.319 e.